The first kappa shape index (κ1) is 13.8. The van der Waals surface area contributed by atoms with Crippen LogP contribution in [-0.2, 0) is 10.9 Å². The number of halogens is 3. The molecule has 0 aliphatic heterocycles. The maximum Gasteiger partial charge on any atom is 0.432 e. The molecule has 0 bridgehead atoms. The molecule has 10 heteroatoms. The summed E-state index contributed by atoms with van der Waals surface area (Å²) in [5.41, 5.74) is -1.12. The number of urea groups is 1. The van der Waals surface area contributed by atoms with Gasteiger partial charge in [0.05, 0.1) is 6.61 Å². The summed E-state index contributed by atoms with van der Waals surface area (Å²) in [5, 5.41) is 8.56. The number of aromatic nitrogens is 2. The highest BCUT2D eigenvalue weighted by molar-refractivity contribution is 5.98. The molecule has 0 saturated carbocycles. The third-order valence-electron chi connectivity index (χ3n) is 1.62. The van der Waals surface area contributed by atoms with Crippen LogP contribution >= 0.6 is 0 Å². The SMILES string of the molecule is CCOC(=O)NC(=O)Nc1cc(C(F)(F)F)[nH]n1. The Morgan fingerprint density at radius 3 is 2.67 bits per heavy atom. The molecule has 0 saturated heterocycles. The standard InChI is InChI=1S/C8H9F3N4O3/c1-2-18-7(17)13-6(16)12-5-3-4(14-15-5)8(9,10)11/h3H,2H2,1H3,(H3,12,13,14,15,16,17). The van der Waals surface area contributed by atoms with E-state index in [1.54, 1.807) is 10.4 Å². The summed E-state index contributed by atoms with van der Waals surface area (Å²) >= 11 is 0. The van der Waals surface area contributed by atoms with Crippen molar-refractivity contribution in [3.05, 3.63) is 11.8 Å². The van der Waals surface area contributed by atoms with Crippen LogP contribution in [0.5, 0.6) is 0 Å². The zero-order valence-corrected chi connectivity index (χ0v) is 9.09. The summed E-state index contributed by atoms with van der Waals surface area (Å²) in [6.07, 6.45) is -5.61. The lowest BCUT2D eigenvalue weighted by Gasteiger charge is -2.03. The van der Waals surface area contributed by atoms with Crippen LogP contribution in [0, 0.1) is 0 Å². The monoisotopic (exact) mass is 266 g/mol. The first-order valence-electron chi connectivity index (χ1n) is 4.70. The van der Waals surface area contributed by atoms with E-state index in [1.165, 1.54) is 6.92 Å². The zero-order chi connectivity index (χ0) is 13.8. The lowest BCUT2D eigenvalue weighted by atomic mass is 10.4. The summed E-state index contributed by atoms with van der Waals surface area (Å²) in [4.78, 5) is 21.9. The molecule has 1 heterocycles. The number of amides is 3. The summed E-state index contributed by atoms with van der Waals surface area (Å²) in [6, 6.07) is -0.459. The number of hydrogen-bond acceptors (Lipinski definition) is 4. The Bertz CT molecular complexity index is 443. The number of H-pyrrole nitrogens is 1. The second kappa shape index (κ2) is 5.38. The summed E-state index contributed by atoms with van der Waals surface area (Å²) < 4.78 is 40.9. The number of nitrogens with zero attached hydrogens (tertiary/aromatic N) is 1. The van der Waals surface area contributed by atoms with Crippen LogP contribution in [-0.4, -0.2) is 28.9 Å². The molecule has 0 fully saturated rings. The molecule has 0 radical (unpaired) electrons. The van der Waals surface area contributed by atoms with Gasteiger partial charge in [0.1, 0.15) is 5.69 Å². The second-order valence-corrected chi connectivity index (χ2v) is 2.96. The first-order chi connectivity index (χ1) is 8.32. The number of alkyl carbamates (subject to hydrolysis) is 1. The van der Waals surface area contributed by atoms with Gasteiger partial charge < -0.3 is 4.74 Å². The van der Waals surface area contributed by atoms with Crippen molar-refractivity contribution in [3.8, 4) is 0 Å². The third kappa shape index (κ3) is 3.96. The van der Waals surface area contributed by atoms with E-state index in [9.17, 15) is 22.8 Å². The lowest BCUT2D eigenvalue weighted by Crippen LogP contribution is -2.34. The molecule has 0 aliphatic carbocycles. The largest absolute Gasteiger partial charge is 0.450 e. The van der Waals surface area contributed by atoms with Gasteiger partial charge in [-0.15, -0.1) is 0 Å². The van der Waals surface area contributed by atoms with E-state index in [1.807, 2.05) is 5.32 Å². The Balaban J connectivity index is 2.55. The average Bonchev–Trinajstić information content (AvgIpc) is 2.65. The normalized spacial score (nSPS) is 10.9. The Hall–Kier alpha value is -2.26. The van der Waals surface area contributed by atoms with Crippen molar-refractivity contribution in [2.75, 3.05) is 11.9 Å². The molecule has 3 amide bonds. The predicted octanol–water partition coefficient (Wildman–Crippen LogP) is 1.71. The maximum absolute atomic E-state index is 12.2. The smallest absolute Gasteiger partial charge is 0.432 e. The number of carbonyl (C=O) groups is 2. The molecule has 100 valence electrons. The van der Waals surface area contributed by atoms with E-state index >= 15 is 0 Å². The van der Waals surface area contributed by atoms with Crippen LogP contribution in [0.25, 0.3) is 0 Å². The van der Waals surface area contributed by atoms with Gasteiger partial charge in [0.25, 0.3) is 0 Å². The van der Waals surface area contributed by atoms with Crippen LogP contribution in [0.1, 0.15) is 12.6 Å². The van der Waals surface area contributed by atoms with Crippen molar-refractivity contribution < 1.29 is 27.5 Å². The molecule has 7 nitrogen and oxygen atoms in total. The highest BCUT2D eigenvalue weighted by Gasteiger charge is 2.33. The number of alkyl halides is 3. The molecule has 0 aliphatic rings. The minimum Gasteiger partial charge on any atom is -0.450 e. The van der Waals surface area contributed by atoms with Crippen molar-refractivity contribution in [2.24, 2.45) is 0 Å². The zero-order valence-electron chi connectivity index (χ0n) is 9.09. The predicted molar refractivity (Wildman–Crippen MR) is 52.8 cm³/mol. The van der Waals surface area contributed by atoms with Gasteiger partial charge in [0, 0.05) is 6.07 Å². The number of nitrogens with one attached hydrogen (secondary N) is 3. The van der Waals surface area contributed by atoms with Gasteiger partial charge in [-0.05, 0) is 6.92 Å². The molecule has 1 rings (SSSR count). The molecule has 1 aromatic heterocycles. The fraction of sp³-hybridized carbons (Fsp3) is 0.375. The molecular weight excluding hydrogens is 257 g/mol. The van der Waals surface area contributed by atoms with Gasteiger partial charge in [-0.25, -0.2) is 14.9 Å². The highest BCUT2D eigenvalue weighted by atomic mass is 19.4. The molecule has 3 N–H and O–H groups in total. The molecule has 1 aromatic rings. The Labute approximate surface area is 98.7 Å². The second-order valence-electron chi connectivity index (χ2n) is 2.96. The number of carbonyl (C=O) groups excluding carboxylic acids is 2. The van der Waals surface area contributed by atoms with Crippen LogP contribution in [0.4, 0.5) is 28.6 Å². The molecule has 0 atom stereocenters. The number of anilines is 1. The number of ether oxygens (including phenoxy) is 1. The summed E-state index contributed by atoms with van der Waals surface area (Å²) in [7, 11) is 0. The topological polar surface area (TPSA) is 96.1 Å². The maximum atomic E-state index is 12.2. The number of aromatic amines is 1. The molecule has 0 spiro atoms. The first-order valence-corrected chi connectivity index (χ1v) is 4.70. The van der Waals surface area contributed by atoms with Crippen molar-refractivity contribution in [1.29, 1.82) is 0 Å². The minimum absolute atomic E-state index is 0.0553. The fourth-order valence-corrected chi connectivity index (χ4v) is 0.938. The van der Waals surface area contributed by atoms with Crippen molar-refractivity contribution in [3.63, 3.8) is 0 Å². The summed E-state index contributed by atoms with van der Waals surface area (Å²) in [5.74, 6) is -0.371. The number of rotatable bonds is 2. The average molecular weight is 266 g/mol. The quantitative estimate of drug-likeness (QED) is 0.759. The van der Waals surface area contributed by atoms with Gasteiger partial charge in [-0.3, -0.25) is 10.4 Å². The number of hydrogen-bond donors (Lipinski definition) is 3. The van der Waals surface area contributed by atoms with E-state index in [0.717, 1.165) is 0 Å². The highest BCUT2D eigenvalue weighted by Crippen LogP contribution is 2.28. The van der Waals surface area contributed by atoms with Crippen LogP contribution < -0.4 is 10.6 Å². The summed E-state index contributed by atoms with van der Waals surface area (Å²) in [6.45, 7) is 1.58. The Morgan fingerprint density at radius 2 is 2.17 bits per heavy atom. The van der Waals surface area contributed by atoms with Gasteiger partial charge in [-0.2, -0.15) is 18.3 Å². The Morgan fingerprint density at radius 1 is 1.50 bits per heavy atom. The van der Waals surface area contributed by atoms with E-state index in [0.29, 0.717) is 6.07 Å². The van der Waals surface area contributed by atoms with E-state index in [-0.39, 0.29) is 12.4 Å². The Kier molecular flexibility index (Phi) is 4.13. The van der Waals surface area contributed by atoms with Crippen molar-refractivity contribution in [1.82, 2.24) is 15.5 Å². The lowest BCUT2D eigenvalue weighted by molar-refractivity contribution is -0.141. The van der Waals surface area contributed by atoms with Crippen LogP contribution in [0.2, 0.25) is 0 Å². The molecule has 18 heavy (non-hydrogen) atoms. The minimum atomic E-state index is -4.59. The fourth-order valence-electron chi connectivity index (χ4n) is 0.938. The molecule has 0 aromatic carbocycles. The van der Waals surface area contributed by atoms with Gasteiger partial charge in [0.15, 0.2) is 5.82 Å². The molecular formula is C8H9F3N4O3. The van der Waals surface area contributed by atoms with E-state index < -0.39 is 24.0 Å². The van der Waals surface area contributed by atoms with E-state index in [4.69, 9.17) is 0 Å². The van der Waals surface area contributed by atoms with Crippen LogP contribution in [0.15, 0.2) is 6.07 Å². The van der Waals surface area contributed by atoms with Gasteiger partial charge >= 0.3 is 18.3 Å². The van der Waals surface area contributed by atoms with Gasteiger partial charge in [-0.1, -0.05) is 0 Å². The van der Waals surface area contributed by atoms with Crippen molar-refractivity contribution >= 4 is 17.9 Å². The van der Waals surface area contributed by atoms with E-state index in [2.05, 4.69) is 9.84 Å². The van der Waals surface area contributed by atoms with Gasteiger partial charge in [0.2, 0.25) is 0 Å². The van der Waals surface area contributed by atoms with Crippen LogP contribution in [0.3, 0.4) is 0 Å². The number of imide groups is 1. The van der Waals surface area contributed by atoms with Crippen molar-refractivity contribution in [2.45, 2.75) is 13.1 Å². The molecule has 0 unspecified atom stereocenters. The third-order valence-corrected chi connectivity index (χ3v) is 1.62.